The topological polar surface area (TPSA) is 72.8 Å². The first kappa shape index (κ1) is 23.2. The number of hydrogen-bond donors (Lipinski definition) is 1. The van der Waals surface area contributed by atoms with E-state index in [1.54, 1.807) is 0 Å². The second kappa shape index (κ2) is 11.8. The normalized spacial score (nSPS) is 11.1. The van der Waals surface area contributed by atoms with E-state index < -0.39 is 11.6 Å². The lowest BCUT2D eigenvalue weighted by Gasteiger charge is -2.35. The largest absolute Gasteiger partial charge is 0.481 e. The number of carboxylic acids is 1. The van der Waals surface area contributed by atoms with Crippen molar-refractivity contribution in [3.8, 4) is 0 Å². The van der Waals surface area contributed by atoms with Crippen LogP contribution in [0.4, 0.5) is 0 Å². The Morgan fingerprint density at radius 1 is 0.656 bits per heavy atom. The van der Waals surface area contributed by atoms with Crippen LogP contribution in [0.3, 0.4) is 0 Å². The molecule has 32 heavy (non-hydrogen) atoms. The van der Waals surface area contributed by atoms with E-state index in [2.05, 4.69) is 0 Å². The van der Waals surface area contributed by atoms with Crippen LogP contribution < -0.4 is 0 Å². The molecule has 0 aliphatic carbocycles. The maximum Gasteiger partial charge on any atom is 0.305 e. The Bertz CT molecular complexity index is 874. The highest BCUT2D eigenvalue weighted by atomic mass is 16.6. The number of unbranched alkanes of at least 4 members (excludes halogenated alkanes) is 1. The third-order valence-corrected chi connectivity index (χ3v) is 5.23. The third kappa shape index (κ3) is 6.05. The summed E-state index contributed by atoms with van der Waals surface area (Å²) in [6.07, 6.45) is 1.21. The van der Waals surface area contributed by atoms with Crippen molar-refractivity contribution in [1.29, 1.82) is 0 Å². The predicted molar refractivity (Wildman–Crippen MR) is 122 cm³/mol. The number of hydrogen-bond acceptors (Lipinski definition) is 4. The molecule has 0 saturated heterocycles. The van der Waals surface area contributed by atoms with Gasteiger partial charge < -0.3 is 14.6 Å². The van der Waals surface area contributed by atoms with Crippen molar-refractivity contribution in [3.05, 3.63) is 108 Å². The van der Waals surface area contributed by atoms with Gasteiger partial charge in [0.1, 0.15) is 12.2 Å². The van der Waals surface area contributed by atoms with Gasteiger partial charge in [-0.05, 0) is 29.5 Å². The van der Waals surface area contributed by atoms with Crippen molar-refractivity contribution in [2.24, 2.45) is 0 Å². The smallest absolute Gasteiger partial charge is 0.305 e. The van der Waals surface area contributed by atoms with E-state index in [9.17, 15) is 9.59 Å². The summed E-state index contributed by atoms with van der Waals surface area (Å²) in [5.74, 6) is -1.20. The number of ether oxygens (including phenoxy) is 2. The lowest BCUT2D eigenvalue weighted by molar-refractivity contribution is -0.147. The molecule has 3 aromatic rings. The minimum absolute atomic E-state index is 0.0597. The van der Waals surface area contributed by atoms with E-state index in [1.807, 2.05) is 91.0 Å². The summed E-state index contributed by atoms with van der Waals surface area (Å²) in [6, 6.07) is 30.0. The molecule has 3 rings (SSSR count). The van der Waals surface area contributed by atoms with E-state index in [0.717, 1.165) is 16.7 Å². The van der Waals surface area contributed by atoms with Crippen molar-refractivity contribution < 1.29 is 24.2 Å². The first-order chi connectivity index (χ1) is 15.6. The maximum atomic E-state index is 12.0. The number of benzene rings is 3. The van der Waals surface area contributed by atoms with E-state index in [4.69, 9.17) is 14.6 Å². The van der Waals surface area contributed by atoms with E-state index >= 15 is 0 Å². The second-order valence-corrected chi connectivity index (χ2v) is 7.45. The molecule has 0 radical (unpaired) electrons. The highest BCUT2D eigenvalue weighted by molar-refractivity contribution is 5.69. The van der Waals surface area contributed by atoms with Crippen LogP contribution >= 0.6 is 0 Å². The van der Waals surface area contributed by atoms with Gasteiger partial charge in [-0.25, -0.2) is 0 Å². The summed E-state index contributed by atoms with van der Waals surface area (Å²) < 4.78 is 11.9. The molecule has 3 aromatic carbocycles. The van der Waals surface area contributed by atoms with Gasteiger partial charge in [0, 0.05) is 12.8 Å². The van der Waals surface area contributed by atoms with E-state index in [0.29, 0.717) is 12.8 Å². The van der Waals surface area contributed by atoms with E-state index in [-0.39, 0.29) is 32.0 Å². The maximum absolute atomic E-state index is 12.0. The number of carbonyl (C=O) groups is 2. The van der Waals surface area contributed by atoms with Crippen LogP contribution in [0.1, 0.15) is 42.4 Å². The predicted octanol–water partition coefficient (Wildman–Crippen LogP) is 5.18. The molecule has 0 saturated carbocycles. The standard InChI is InChI=1S/C27H28O5/c28-25(29)18-10-11-19-26(30)31-20-21-32-27(22-12-4-1-5-13-22,23-14-6-2-7-15-23)24-16-8-3-9-17-24/h1-9,12-17H,10-11,18-21H2,(H,28,29). The monoisotopic (exact) mass is 432 g/mol. The number of rotatable bonds is 12. The van der Waals surface area contributed by atoms with Crippen molar-refractivity contribution in [3.63, 3.8) is 0 Å². The quantitative estimate of drug-likeness (QED) is 0.242. The van der Waals surface area contributed by atoms with Crippen molar-refractivity contribution in [2.75, 3.05) is 13.2 Å². The molecule has 0 amide bonds. The minimum Gasteiger partial charge on any atom is -0.481 e. The molecule has 0 aromatic heterocycles. The Hall–Kier alpha value is -3.44. The van der Waals surface area contributed by atoms with Gasteiger partial charge in [-0.2, -0.15) is 0 Å². The molecule has 0 fully saturated rings. The van der Waals surface area contributed by atoms with Gasteiger partial charge in [-0.15, -0.1) is 0 Å². The van der Waals surface area contributed by atoms with Gasteiger partial charge in [-0.3, -0.25) is 9.59 Å². The molecule has 0 atom stereocenters. The van der Waals surface area contributed by atoms with Crippen LogP contribution in [0.15, 0.2) is 91.0 Å². The molecule has 5 nitrogen and oxygen atoms in total. The number of carbonyl (C=O) groups excluding carboxylic acids is 1. The Labute approximate surface area is 188 Å². The Kier molecular flexibility index (Phi) is 8.58. The molecule has 0 spiro atoms. The molecule has 0 bridgehead atoms. The van der Waals surface area contributed by atoms with Gasteiger partial charge in [0.25, 0.3) is 0 Å². The molecule has 1 N–H and O–H groups in total. The lowest BCUT2D eigenvalue weighted by Crippen LogP contribution is -2.34. The Morgan fingerprint density at radius 3 is 1.53 bits per heavy atom. The fraction of sp³-hybridized carbons (Fsp3) is 0.259. The number of esters is 1. The second-order valence-electron chi connectivity index (χ2n) is 7.45. The SMILES string of the molecule is O=C(O)CCCCC(=O)OCCOC(c1ccccc1)(c1ccccc1)c1ccccc1. The summed E-state index contributed by atoms with van der Waals surface area (Å²) in [5.41, 5.74) is 2.10. The molecular formula is C27H28O5. The van der Waals surface area contributed by atoms with Crippen molar-refractivity contribution in [2.45, 2.75) is 31.3 Å². The average molecular weight is 433 g/mol. The Balaban J connectivity index is 1.76. The third-order valence-electron chi connectivity index (χ3n) is 5.23. The molecule has 166 valence electrons. The molecule has 0 aliphatic rings. The van der Waals surface area contributed by atoms with Crippen LogP contribution in [0.25, 0.3) is 0 Å². The fourth-order valence-electron chi connectivity index (χ4n) is 3.74. The van der Waals surface area contributed by atoms with Crippen LogP contribution in [0.5, 0.6) is 0 Å². The molecule has 0 heterocycles. The summed E-state index contributed by atoms with van der Waals surface area (Å²) in [4.78, 5) is 22.6. The number of aliphatic carboxylic acids is 1. The summed E-state index contributed by atoms with van der Waals surface area (Å²) in [5, 5.41) is 8.68. The van der Waals surface area contributed by atoms with Crippen molar-refractivity contribution in [1.82, 2.24) is 0 Å². The zero-order valence-electron chi connectivity index (χ0n) is 18.0. The lowest BCUT2D eigenvalue weighted by atomic mass is 9.80. The highest BCUT2D eigenvalue weighted by Gasteiger charge is 2.37. The highest BCUT2D eigenvalue weighted by Crippen LogP contribution is 2.40. The van der Waals surface area contributed by atoms with Gasteiger partial charge in [-0.1, -0.05) is 91.0 Å². The van der Waals surface area contributed by atoms with E-state index in [1.165, 1.54) is 0 Å². The van der Waals surface area contributed by atoms with Crippen LogP contribution in [0.2, 0.25) is 0 Å². The first-order valence-corrected chi connectivity index (χ1v) is 10.8. The van der Waals surface area contributed by atoms with Gasteiger partial charge in [0.2, 0.25) is 0 Å². The minimum atomic E-state index is -0.856. The summed E-state index contributed by atoms with van der Waals surface area (Å²) >= 11 is 0. The fourth-order valence-corrected chi connectivity index (χ4v) is 3.74. The molecule has 0 unspecified atom stereocenters. The molecule has 5 heteroatoms. The summed E-state index contributed by atoms with van der Waals surface area (Å²) in [6.45, 7) is 0.325. The summed E-state index contributed by atoms with van der Waals surface area (Å²) in [7, 11) is 0. The van der Waals surface area contributed by atoms with Gasteiger partial charge >= 0.3 is 11.9 Å². The molecular weight excluding hydrogens is 404 g/mol. The van der Waals surface area contributed by atoms with Crippen LogP contribution in [-0.4, -0.2) is 30.3 Å². The zero-order valence-corrected chi connectivity index (χ0v) is 18.0. The average Bonchev–Trinajstić information content (AvgIpc) is 2.84. The van der Waals surface area contributed by atoms with Gasteiger partial charge in [0.05, 0.1) is 6.61 Å². The van der Waals surface area contributed by atoms with Crippen molar-refractivity contribution >= 4 is 11.9 Å². The zero-order chi connectivity index (χ0) is 22.7. The van der Waals surface area contributed by atoms with Gasteiger partial charge in [0.15, 0.2) is 0 Å². The Morgan fingerprint density at radius 2 is 1.09 bits per heavy atom. The molecule has 0 aliphatic heterocycles. The first-order valence-electron chi connectivity index (χ1n) is 10.8. The van der Waals surface area contributed by atoms with Crippen LogP contribution in [0, 0.1) is 0 Å². The number of carboxylic acid groups (broad SMARTS) is 1. The van der Waals surface area contributed by atoms with Crippen LogP contribution in [-0.2, 0) is 24.7 Å².